The van der Waals surface area contributed by atoms with Crippen molar-refractivity contribution in [3.8, 4) is 10.6 Å². The highest BCUT2D eigenvalue weighted by molar-refractivity contribution is 7.21. The van der Waals surface area contributed by atoms with Crippen molar-refractivity contribution in [3.05, 3.63) is 41.6 Å². The molecule has 0 bridgehead atoms. The normalized spacial score (nSPS) is 19.5. The van der Waals surface area contributed by atoms with Crippen molar-refractivity contribution in [3.63, 3.8) is 0 Å². The monoisotopic (exact) mass is 465 g/mol. The molecule has 2 aliphatic rings. The van der Waals surface area contributed by atoms with Gasteiger partial charge in [-0.3, -0.25) is 4.79 Å². The Morgan fingerprint density at radius 1 is 1.06 bits per heavy atom. The molecule has 0 unspecified atom stereocenters. The van der Waals surface area contributed by atoms with E-state index in [1.165, 1.54) is 61.8 Å². The van der Waals surface area contributed by atoms with Crippen molar-refractivity contribution in [2.24, 2.45) is 0 Å². The third-order valence-electron chi connectivity index (χ3n) is 7.72. The van der Waals surface area contributed by atoms with Gasteiger partial charge in [0.1, 0.15) is 16.3 Å². The zero-order valence-corrected chi connectivity index (χ0v) is 21.4. The second kappa shape index (κ2) is 8.45. The number of aromatic nitrogens is 2. The molecule has 6 heteroatoms. The van der Waals surface area contributed by atoms with E-state index in [0.29, 0.717) is 11.7 Å². The third kappa shape index (κ3) is 4.44. The lowest BCUT2D eigenvalue weighted by molar-refractivity contribution is 0.0929. The maximum absolute atomic E-state index is 12.9. The minimum absolute atomic E-state index is 0.0255. The number of benzene rings is 1. The SMILES string of the molecule is CC(C)(C)c1ccc(-c2nc3[nH]c(C(=O)NC4CC[Si]5(CCCCC5)CC4)cc3s2)cc1. The van der Waals surface area contributed by atoms with Gasteiger partial charge in [-0.1, -0.05) is 88.5 Å². The van der Waals surface area contributed by atoms with Gasteiger partial charge in [-0.15, -0.1) is 11.3 Å². The number of fused-ring (bicyclic) bond motifs is 1. The Balaban J connectivity index is 1.23. The van der Waals surface area contributed by atoms with Gasteiger partial charge in [0.05, 0.1) is 12.8 Å². The Bertz CT molecular complexity index is 1060. The smallest absolute Gasteiger partial charge is 0.268 e. The lowest BCUT2D eigenvalue weighted by Crippen LogP contribution is -2.46. The number of carbonyl (C=O) groups excluding carboxylic acids is 1. The first-order valence-electron chi connectivity index (χ1n) is 12.2. The molecule has 4 nitrogen and oxygen atoms in total. The Morgan fingerprint density at radius 3 is 2.38 bits per heavy atom. The fourth-order valence-corrected chi connectivity index (χ4v) is 12.0. The highest BCUT2D eigenvalue weighted by atomic mass is 32.1. The lowest BCUT2D eigenvalue weighted by Gasteiger charge is -2.41. The van der Waals surface area contributed by atoms with Crippen LogP contribution in [0.5, 0.6) is 0 Å². The summed E-state index contributed by atoms with van der Waals surface area (Å²) in [6.45, 7) is 6.68. The van der Waals surface area contributed by atoms with Crippen LogP contribution in [-0.2, 0) is 5.41 Å². The van der Waals surface area contributed by atoms with Crippen LogP contribution in [0.2, 0.25) is 24.2 Å². The fourth-order valence-electron chi connectivity index (χ4n) is 5.61. The molecule has 1 spiro atoms. The van der Waals surface area contributed by atoms with Crippen LogP contribution in [-0.4, -0.2) is 30.0 Å². The third-order valence-corrected chi connectivity index (χ3v) is 14.3. The van der Waals surface area contributed by atoms with E-state index in [0.717, 1.165) is 20.9 Å². The van der Waals surface area contributed by atoms with Crippen molar-refractivity contribution in [1.82, 2.24) is 15.3 Å². The Morgan fingerprint density at radius 2 is 1.75 bits per heavy atom. The summed E-state index contributed by atoms with van der Waals surface area (Å²) in [7, 11) is -0.978. The van der Waals surface area contributed by atoms with E-state index >= 15 is 0 Å². The summed E-state index contributed by atoms with van der Waals surface area (Å²) < 4.78 is 1.04. The number of rotatable bonds is 3. The van der Waals surface area contributed by atoms with Crippen molar-refractivity contribution >= 4 is 35.7 Å². The molecule has 0 aliphatic carbocycles. The van der Waals surface area contributed by atoms with Gasteiger partial charge in [-0.05, 0) is 29.9 Å². The predicted octanol–water partition coefficient (Wildman–Crippen LogP) is 7.11. The number of hydrogen-bond donors (Lipinski definition) is 2. The van der Waals surface area contributed by atoms with E-state index in [1.54, 1.807) is 11.3 Å². The zero-order chi connectivity index (χ0) is 22.3. The van der Waals surface area contributed by atoms with Crippen LogP contribution in [0.25, 0.3) is 20.9 Å². The number of H-pyrrole nitrogens is 1. The molecule has 5 rings (SSSR count). The number of amides is 1. The molecule has 0 saturated carbocycles. The van der Waals surface area contributed by atoms with Crippen molar-refractivity contribution in [1.29, 1.82) is 0 Å². The molecule has 2 fully saturated rings. The Labute approximate surface area is 196 Å². The molecule has 1 aromatic carbocycles. The fraction of sp³-hybridized carbons (Fsp3) is 0.538. The molecule has 4 heterocycles. The molecule has 2 aromatic heterocycles. The quantitative estimate of drug-likeness (QED) is 0.405. The van der Waals surface area contributed by atoms with Crippen LogP contribution < -0.4 is 5.32 Å². The van der Waals surface area contributed by atoms with Gasteiger partial charge in [-0.2, -0.15) is 0 Å². The van der Waals surface area contributed by atoms with E-state index in [9.17, 15) is 4.79 Å². The van der Waals surface area contributed by atoms with Crippen LogP contribution in [0.3, 0.4) is 0 Å². The van der Waals surface area contributed by atoms with Crippen LogP contribution in [0.1, 0.15) is 68.9 Å². The van der Waals surface area contributed by atoms with E-state index in [4.69, 9.17) is 4.98 Å². The summed E-state index contributed by atoms with van der Waals surface area (Å²) in [6, 6.07) is 16.9. The molecule has 1 amide bonds. The first-order chi connectivity index (χ1) is 15.3. The minimum atomic E-state index is -0.978. The van der Waals surface area contributed by atoms with Crippen molar-refractivity contribution in [2.75, 3.05) is 0 Å². The van der Waals surface area contributed by atoms with Gasteiger partial charge < -0.3 is 10.3 Å². The van der Waals surface area contributed by atoms with E-state index in [2.05, 4.69) is 55.3 Å². The molecular formula is C26H35N3OSSi. The molecule has 0 atom stereocenters. The Hall–Kier alpha value is -1.92. The van der Waals surface area contributed by atoms with E-state index < -0.39 is 8.07 Å². The number of carbonyl (C=O) groups is 1. The lowest BCUT2D eigenvalue weighted by atomic mass is 9.87. The second-order valence-electron chi connectivity index (χ2n) is 11.1. The minimum Gasteiger partial charge on any atom is -0.348 e. The van der Waals surface area contributed by atoms with Crippen molar-refractivity contribution in [2.45, 2.75) is 88.5 Å². The maximum atomic E-state index is 12.9. The summed E-state index contributed by atoms with van der Waals surface area (Å²) in [5, 5.41) is 4.30. The van der Waals surface area contributed by atoms with Crippen LogP contribution in [0, 0.1) is 0 Å². The van der Waals surface area contributed by atoms with Gasteiger partial charge in [-0.25, -0.2) is 4.98 Å². The molecule has 0 radical (unpaired) electrons. The second-order valence-corrected chi connectivity index (χ2v) is 17.1. The van der Waals surface area contributed by atoms with Gasteiger partial charge in [0.15, 0.2) is 0 Å². The number of aromatic amines is 1. The molecule has 32 heavy (non-hydrogen) atoms. The number of hydrogen-bond acceptors (Lipinski definition) is 3. The van der Waals surface area contributed by atoms with E-state index in [1.807, 2.05) is 6.07 Å². The zero-order valence-electron chi connectivity index (χ0n) is 19.6. The van der Waals surface area contributed by atoms with Crippen LogP contribution >= 0.6 is 11.3 Å². The molecular weight excluding hydrogens is 430 g/mol. The number of thiazole rings is 1. The van der Waals surface area contributed by atoms with Gasteiger partial charge in [0.2, 0.25) is 0 Å². The summed E-state index contributed by atoms with van der Waals surface area (Å²) in [4.78, 5) is 20.9. The molecule has 170 valence electrons. The highest BCUT2D eigenvalue weighted by Gasteiger charge is 2.38. The first kappa shape index (κ1) is 21.9. The van der Waals surface area contributed by atoms with E-state index in [-0.39, 0.29) is 11.3 Å². The topological polar surface area (TPSA) is 57.8 Å². The van der Waals surface area contributed by atoms with Gasteiger partial charge in [0, 0.05) is 11.6 Å². The van der Waals surface area contributed by atoms with Crippen LogP contribution in [0.4, 0.5) is 0 Å². The van der Waals surface area contributed by atoms with Crippen molar-refractivity contribution < 1.29 is 4.79 Å². The van der Waals surface area contributed by atoms with Crippen LogP contribution in [0.15, 0.2) is 30.3 Å². The molecule has 2 aliphatic heterocycles. The molecule has 2 N–H and O–H groups in total. The predicted molar refractivity (Wildman–Crippen MR) is 137 cm³/mol. The van der Waals surface area contributed by atoms with Gasteiger partial charge in [0.25, 0.3) is 5.91 Å². The summed E-state index contributed by atoms with van der Waals surface area (Å²) in [6.07, 6.45) is 6.72. The molecule has 3 aromatic rings. The van der Waals surface area contributed by atoms with Gasteiger partial charge >= 0.3 is 0 Å². The number of nitrogens with zero attached hydrogens (tertiary/aromatic N) is 1. The number of nitrogens with one attached hydrogen (secondary N) is 2. The standard InChI is InChI=1S/C26H35N3OSSi/c1-26(2,3)19-9-7-18(8-10-19)25-29-23-22(31-25)17-21(28-23)24(30)27-20-11-15-32(16-12-20)13-5-4-6-14-32/h7-10,17,20,28H,4-6,11-16H2,1-3H3,(H,27,30). The summed E-state index contributed by atoms with van der Waals surface area (Å²) >= 11 is 1.65. The first-order valence-corrected chi connectivity index (χ1v) is 15.9. The average Bonchev–Trinajstić information content (AvgIpc) is 3.35. The summed E-state index contributed by atoms with van der Waals surface area (Å²) in [5.41, 5.74) is 4.05. The Kier molecular flexibility index (Phi) is 5.78. The maximum Gasteiger partial charge on any atom is 0.268 e. The average molecular weight is 466 g/mol. The highest BCUT2D eigenvalue weighted by Crippen LogP contribution is 2.41. The summed E-state index contributed by atoms with van der Waals surface area (Å²) in [5.74, 6) is 0.0255. The largest absolute Gasteiger partial charge is 0.348 e. The molecule has 2 saturated heterocycles.